The number of sulfonamides is 1. The summed E-state index contributed by atoms with van der Waals surface area (Å²) >= 11 is 0. The molecule has 0 spiro atoms. The van der Waals surface area contributed by atoms with Crippen LogP contribution in [0.25, 0.3) is 0 Å². The number of pyridine rings is 1. The second-order valence-electron chi connectivity index (χ2n) is 5.19. The zero-order chi connectivity index (χ0) is 15.0. The lowest BCUT2D eigenvalue weighted by atomic mass is 10.1. The van der Waals surface area contributed by atoms with Gasteiger partial charge in [-0.05, 0) is 25.3 Å². The molecule has 0 amide bonds. The molecule has 1 aromatic heterocycles. The molecule has 0 unspecified atom stereocenters. The lowest BCUT2D eigenvalue weighted by molar-refractivity contribution is 0.530. The molecule has 6 heteroatoms. The van der Waals surface area contributed by atoms with Gasteiger partial charge in [0.1, 0.15) is 5.82 Å². The predicted molar refractivity (Wildman–Crippen MR) is 82.3 cm³/mol. The van der Waals surface area contributed by atoms with Gasteiger partial charge in [0.05, 0.1) is 4.90 Å². The second kappa shape index (κ2) is 8.21. The standard InChI is InChI=1S/C14H25N3O2S/c1-4-15-14-11-13(8-10-16-14)20(18,19)17-9-6-5-7-12(2)3/h8,10-12,17H,4-7,9H2,1-3H3,(H,15,16). The van der Waals surface area contributed by atoms with Crippen molar-refractivity contribution >= 4 is 15.8 Å². The van der Waals surface area contributed by atoms with Gasteiger partial charge in [0.2, 0.25) is 10.0 Å². The van der Waals surface area contributed by atoms with Crippen LogP contribution in [-0.2, 0) is 10.0 Å². The molecule has 0 bridgehead atoms. The molecule has 0 atom stereocenters. The normalized spacial score (nSPS) is 11.8. The summed E-state index contributed by atoms with van der Waals surface area (Å²) in [5.41, 5.74) is 0. The number of hydrogen-bond donors (Lipinski definition) is 2. The molecule has 0 aliphatic rings. The number of nitrogens with zero attached hydrogens (tertiary/aromatic N) is 1. The Hall–Kier alpha value is -1.14. The van der Waals surface area contributed by atoms with Gasteiger partial charge >= 0.3 is 0 Å². The molecule has 2 N–H and O–H groups in total. The Morgan fingerprint density at radius 1 is 1.30 bits per heavy atom. The summed E-state index contributed by atoms with van der Waals surface area (Å²) < 4.78 is 26.9. The highest BCUT2D eigenvalue weighted by Crippen LogP contribution is 2.12. The lowest BCUT2D eigenvalue weighted by Gasteiger charge is -2.09. The maximum Gasteiger partial charge on any atom is 0.240 e. The monoisotopic (exact) mass is 299 g/mol. The average molecular weight is 299 g/mol. The molecule has 1 heterocycles. The summed E-state index contributed by atoms with van der Waals surface area (Å²) in [6.07, 6.45) is 4.54. The first-order chi connectivity index (χ1) is 9.45. The third-order valence-electron chi connectivity index (χ3n) is 2.90. The van der Waals surface area contributed by atoms with Crippen LogP contribution in [-0.4, -0.2) is 26.5 Å². The molecule has 0 aliphatic heterocycles. The van der Waals surface area contributed by atoms with Crippen LogP contribution >= 0.6 is 0 Å². The third kappa shape index (κ3) is 5.88. The van der Waals surface area contributed by atoms with Gasteiger partial charge in [-0.2, -0.15) is 0 Å². The van der Waals surface area contributed by atoms with Gasteiger partial charge in [-0.25, -0.2) is 18.1 Å². The molecule has 0 aliphatic carbocycles. The summed E-state index contributed by atoms with van der Waals surface area (Å²) in [6, 6.07) is 3.07. The molecular weight excluding hydrogens is 274 g/mol. The number of aromatic nitrogens is 1. The van der Waals surface area contributed by atoms with E-state index in [1.807, 2.05) is 6.92 Å². The van der Waals surface area contributed by atoms with E-state index in [0.717, 1.165) is 19.3 Å². The van der Waals surface area contributed by atoms with E-state index in [4.69, 9.17) is 0 Å². The van der Waals surface area contributed by atoms with Crippen LogP contribution in [0.5, 0.6) is 0 Å². The van der Waals surface area contributed by atoms with E-state index in [9.17, 15) is 8.42 Å². The van der Waals surface area contributed by atoms with E-state index < -0.39 is 10.0 Å². The minimum atomic E-state index is -3.43. The molecule has 0 saturated carbocycles. The fraction of sp³-hybridized carbons (Fsp3) is 0.643. The SMILES string of the molecule is CCNc1cc(S(=O)(=O)NCCCCC(C)C)ccn1. The highest BCUT2D eigenvalue weighted by Gasteiger charge is 2.13. The molecule has 1 aromatic rings. The molecule has 114 valence electrons. The van der Waals surface area contributed by atoms with Gasteiger partial charge in [0, 0.05) is 25.4 Å². The highest BCUT2D eigenvalue weighted by atomic mass is 32.2. The van der Waals surface area contributed by atoms with Gasteiger partial charge in [-0.3, -0.25) is 0 Å². The summed E-state index contributed by atoms with van der Waals surface area (Å²) in [6.45, 7) is 7.47. The molecule has 0 fully saturated rings. The van der Waals surface area contributed by atoms with Crippen LogP contribution in [0.2, 0.25) is 0 Å². The Labute approximate surface area is 122 Å². The summed E-state index contributed by atoms with van der Waals surface area (Å²) in [5, 5.41) is 3.01. The second-order valence-corrected chi connectivity index (χ2v) is 6.96. The van der Waals surface area contributed by atoms with Gasteiger partial charge in [-0.1, -0.05) is 26.7 Å². The van der Waals surface area contributed by atoms with Gasteiger partial charge in [0.15, 0.2) is 0 Å². The van der Waals surface area contributed by atoms with Crippen molar-refractivity contribution in [1.29, 1.82) is 0 Å². The maximum atomic E-state index is 12.1. The van der Waals surface area contributed by atoms with Crippen LogP contribution in [0.15, 0.2) is 23.2 Å². The minimum absolute atomic E-state index is 0.257. The quantitative estimate of drug-likeness (QED) is 0.688. The van der Waals surface area contributed by atoms with Crippen molar-refractivity contribution in [3.8, 4) is 0 Å². The van der Waals surface area contributed by atoms with Crippen molar-refractivity contribution in [1.82, 2.24) is 9.71 Å². The Morgan fingerprint density at radius 3 is 2.70 bits per heavy atom. The van der Waals surface area contributed by atoms with Crippen molar-refractivity contribution in [2.24, 2.45) is 5.92 Å². The van der Waals surface area contributed by atoms with E-state index in [0.29, 0.717) is 24.8 Å². The zero-order valence-electron chi connectivity index (χ0n) is 12.5. The number of rotatable bonds is 9. The van der Waals surface area contributed by atoms with Crippen LogP contribution < -0.4 is 10.0 Å². The smallest absolute Gasteiger partial charge is 0.240 e. The fourth-order valence-corrected chi connectivity index (χ4v) is 2.91. The molecule has 20 heavy (non-hydrogen) atoms. The first-order valence-electron chi connectivity index (χ1n) is 7.15. The van der Waals surface area contributed by atoms with E-state index in [1.165, 1.54) is 12.3 Å². The first-order valence-corrected chi connectivity index (χ1v) is 8.63. The first kappa shape index (κ1) is 16.9. The zero-order valence-corrected chi connectivity index (χ0v) is 13.3. The molecule has 0 aromatic carbocycles. The van der Waals surface area contributed by atoms with E-state index >= 15 is 0 Å². The van der Waals surface area contributed by atoms with Crippen molar-refractivity contribution in [3.05, 3.63) is 18.3 Å². The maximum absolute atomic E-state index is 12.1. The van der Waals surface area contributed by atoms with Crippen LogP contribution in [0.1, 0.15) is 40.0 Å². The van der Waals surface area contributed by atoms with Crippen molar-refractivity contribution in [2.45, 2.75) is 44.9 Å². The Morgan fingerprint density at radius 2 is 2.05 bits per heavy atom. The largest absolute Gasteiger partial charge is 0.370 e. The van der Waals surface area contributed by atoms with Crippen molar-refractivity contribution in [2.75, 3.05) is 18.4 Å². The van der Waals surface area contributed by atoms with Gasteiger partial charge < -0.3 is 5.32 Å². The van der Waals surface area contributed by atoms with Crippen molar-refractivity contribution < 1.29 is 8.42 Å². The topological polar surface area (TPSA) is 71.1 Å². The van der Waals surface area contributed by atoms with Crippen LogP contribution in [0, 0.1) is 5.92 Å². The Balaban J connectivity index is 2.53. The van der Waals surface area contributed by atoms with E-state index in [1.54, 1.807) is 6.07 Å². The number of nitrogens with one attached hydrogen (secondary N) is 2. The predicted octanol–water partition coefficient (Wildman–Crippen LogP) is 2.62. The Kier molecular flexibility index (Phi) is 6.95. The van der Waals surface area contributed by atoms with E-state index in [-0.39, 0.29) is 4.90 Å². The molecular formula is C14H25N3O2S. The van der Waals surface area contributed by atoms with E-state index in [2.05, 4.69) is 28.9 Å². The van der Waals surface area contributed by atoms with Crippen LogP contribution in [0.4, 0.5) is 5.82 Å². The molecule has 0 radical (unpaired) electrons. The Bertz CT molecular complexity index is 501. The summed E-state index contributed by atoms with van der Waals surface area (Å²) in [5.74, 6) is 1.24. The number of hydrogen-bond acceptors (Lipinski definition) is 4. The lowest BCUT2D eigenvalue weighted by Crippen LogP contribution is -2.25. The average Bonchev–Trinajstić information content (AvgIpc) is 2.38. The summed E-state index contributed by atoms with van der Waals surface area (Å²) in [4.78, 5) is 4.33. The molecule has 5 nitrogen and oxygen atoms in total. The summed E-state index contributed by atoms with van der Waals surface area (Å²) in [7, 11) is -3.43. The number of anilines is 1. The number of unbranched alkanes of at least 4 members (excludes halogenated alkanes) is 1. The molecule has 0 saturated heterocycles. The van der Waals surface area contributed by atoms with Gasteiger partial charge in [-0.15, -0.1) is 0 Å². The van der Waals surface area contributed by atoms with Crippen molar-refractivity contribution in [3.63, 3.8) is 0 Å². The third-order valence-corrected chi connectivity index (χ3v) is 4.36. The highest BCUT2D eigenvalue weighted by molar-refractivity contribution is 7.89. The van der Waals surface area contributed by atoms with Crippen LogP contribution in [0.3, 0.4) is 0 Å². The minimum Gasteiger partial charge on any atom is -0.370 e. The molecule has 1 rings (SSSR count). The van der Waals surface area contributed by atoms with Gasteiger partial charge in [0.25, 0.3) is 0 Å². The fourth-order valence-electron chi connectivity index (χ4n) is 1.82.